The molecule has 0 bridgehead atoms. The smallest absolute Gasteiger partial charge is 0.166 e. The average Bonchev–Trinajstić information content (AvgIpc) is 2.33. The number of hydrogen-bond donors (Lipinski definition) is 0. The minimum absolute atomic E-state index is 0.169. The average molecular weight is 394 g/mol. The van der Waals surface area contributed by atoms with Gasteiger partial charge in [-0.25, -0.2) is 4.39 Å². The van der Waals surface area contributed by atoms with Crippen LogP contribution in [0.15, 0.2) is 40.9 Å². The van der Waals surface area contributed by atoms with E-state index in [4.69, 9.17) is 16.3 Å². The number of rotatable bonds is 3. The summed E-state index contributed by atoms with van der Waals surface area (Å²) >= 11 is 12.6. The molecule has 0 spiro atoms. The zero-order valence-electron chi connectivity index (χ0n) is 9.09. The van der Waals surface area contributed by atoms with E-state index < -0.39 is 5.82 Å². The van der Waals surface area contributed by atoms with Crippen molar-refractivity contribution in [2.24, 2.45) is 0 Å². The molecule has 0 unspecified atom stereocenters. The Morgan fingerprint density at radius 1 is 1.17 bits per heavy atom. The highest BCUT2D eigenvalue weighted by Crippen LogP contribution is 2.33. The molecular formula is C13H8Br2ClFO. The van der Waals surface area contributed by atoms with Crippen LogP contribution in [0.25, 0.3) is 0 Å². The van der Waals surface area contributed by atoms with E-state index in [-0.39, 0.29) is 5.75 Å². The lowest BCUT2D eigenvalue weighted by Crippen LogP contribution is -1.92. The second-order valence-electron chi connectivity index (χ2n) is 3.53. The fourth-order valence-electron chi connectivity index (χ4n) is 1.44. The largest absolute Gasteiger partial charge is 0.454 e. The molecule has 0 fully saturated rings. The Kier molecular flexibility index (Phi) is 4.65. The lowest BCUT2D eigenvalue weighted by molar-refractivity contribution is 0.439. The van der Waals surface area contributed by atoms with Crippen molar-refractivity contribution in [3.05, 3.63) is 57.3 Å². The van der Waals surface area contributed by atoms with Crippen LogP contribution in [0.4, 0.5) is 4.39 Å². The normalized spacial score (nSPS) is 10.4. The summed E-state index contributed by atoms with van der Waals surface area (Å²) in [6, 6.07) is 9.93. The Labute approximate surface area is 126 Å². The standard InChI is InChI=1S/C13H8Br2ClFO/c14-7-9-10(16)2-1-3-12(9)18-13-5-4-8(15)6-11(13)17/h1-6H,7H2. The molecule has 0 saturated heterocycles. The van der Waals surface area contributed by atoms with E-state index in [0.717, 1.165) is 5.56 Å². The fourth-order valence-corrected chi connectivity index (χ4v) is 2.75. The predicted octanol–water partition coefficient (Wildman–Crippen LogP) is 5.93. The van der Waals surface area contributed by atoms with Crippen molar-refractivity contribution in [3.8, 4) is 11.5 Å². The van der Waals surface area contributed by atoms with Crippen molar-refractivity contribution in [2.45, 2.75) is 5.33 Å². The summed E-state index contributed by atoms with van der Waals surface area (Å²) in [4.78, 5) is 0. The molecule has 0 N–H and O–H groups in total. The van der Waals surface area contributed by atoms with E-state index in [2.05, 4.69) is 31.9 Å². The molecule has 0 aromatic heterocycles. The van der Waals surface area contributed by atoms with E-state index in [9.17, 15) is 4.39 Å². The zero-order chi connectivity index (χ0) is 13.1. The molecule has 2 aromatic carbocycles. The third-order valence-corrected chi connectivity index (χ3v) is 3.73. The summed E-state index contributed by atoms with van der Waals surface area (Å²) < 4.78 is 19.9. The molecule has 0 aliphatic rings. The topological polar surface area (TPSA) is 9.23 Å². The summed E-state index contributed by atoms with van der Waals surface area (Å²) in [5.41, 5.74) is 0.793. The number of hydrogen-bond acceptors (Lipinski definition) is 1. The SMILES string of the molecule is Fc1cc(Br)ccc1Oc1cccc(Cl)c1CBr. The predicted molar refractivity (Wildman–Crippen MR) is 78.3 cm³/mol. The van der Waals surface area contributed by atoms with Crippen molar-refractivity contribution in [2.75, 3.05) is 0 Å². The van der Waals surface area contributed by atoms with Gasteiger partial charge in [-0.15, -0.1) is 0 Å². The maximum Gasteiger partial charge on any atom is 0.166 e. The molecular weight excluding hydrogens is 386 g/mol. The summed E-state index contributed by atoms with van der Waals surface area (Å²) in [7, 11) is 0. The van der Waals surface area contributed by atoms with E-state index >= 15 is 0 Å². The lowest BCUT2D eigenvalue weighted by atomic mass is 10.2. The minimum atomic E-state index is -0.426. The van der Waals surface area contributed by atoms with Crippen molar-refractivity contribution < 1.29 is 9.13 Å². The van der Waals surface area contributed by atoms with Gasteiger partial charge in [-0.1, -0.05) is 49.5 Å². The Balaban J connectivity index is 2.37. The van der Waals surface area contributed by atoms with Gasteiger partial charge in [0.05, 0.1) is 0 Å². The fraction of sp³-hybridized carbons (Fsp3) is 0.0769. The van der Waals surface area contributed by atoms with Crippen molar-refractivity contribution in [1.29, 1.82) is 0 Å². The van der Waals surface area contributed by atoms with Crippen LogP contribution in [0.5, 0.6) is 11.5 Å². The molecule has 0 heterocycles. The minimum Gasteiger partial charge on any atom is -0.454 e. The lowest BCUT2D eigenvalue weighted by Gasteiger charge is -2.11. The molecule has 0 amide bonds. The van der Waals surface area contributed by atoms with Crippen LogP contribution in [0.1, 0.15) is 5.56 Å². The molecule has 5 heteroatoms. The highest BCUT2D eigenvalue weighted by atomic mass is 79.9. The van der Waals surface area contributed by atoms with E-state index in [0.29, 0.717) is 20.6 Å². The second kappa shape index (κ2) is 6.04. The van der Waals surface area contributed by atoms with Gasteiger partial charge in [-0.3, -0.25) is 0 Å². The molecule has 0 atom stereocenters. The Morgan fingerprint density at radius 2 is 1.94 bits per heavy atom. The first-order chi connectivity index (χ1) is 8.61. The van der Waals surface area contributed by atoms with Gasteiger partial charge in [0, 0.05) is 20.4 Å². The third kappa shape index (κ3) is 3.05. The van der Waals surface area contributed by atoms with E-state index in [1.165, 1.54) is 6.07 Å². The maximum atomic E-state index is 13.7. The Bertz CT molecular complexity index is 575. The summed E-state index contributed by atoms with van der Waals surface area (Å²) in [5, 5.41) is 1.13. The molecule has 0 radical (unpaired) electrons. The van der Waals surface area contributed by atoms with Gasteiger partial charge >= 0.3 is 0 Å². The first-order valence-electron chi connectivity index (χ1n) is 5.08. The van der Waals surface area contributed by atoms with Crippen molar-refractivity contribution in [1.82, 2.24) is 0 Å². The summed E-state index contributed by atoms with van der Waals surface area (Å²) in [6.07, 6.45) is 0. The number of halogens is 4. The molecule has 0 aliphatic carbocycles. The van der Waals surface area contributed by atoms with Gasteiger partial charge in [-0.2, -0.15) is 0 Å². The van der Waals surface area contributed by atoms with Gasteiger partial charge < -0.3 is 4.74 Å². The highest BCUT2D eigenvalue weighted by molar-refractivity contribution is 9.10. The third-order valence-electron chi connectivity index (χ3n) is 2.32. The van der Waals surface area contributed by atoms with Crippen LogP contribution < -0.4 is 4.74 Å². The number of benzene rings is 2. The van der Waals surface area contributed by atoms with Gasteiger partial charge in [0.25, 0.3) is 0 Å². The Hall–Kier alpha value is -0.580. The number of ether oxygens (including phenoxy) is 1. The number of alkyl halides is 1. The zero-order valence-corrected chi connectivity index (χ0v) is 13.0. The Morgan fingerprint density at radius 3 is 2.61 bits per heavy atom. The van der Waals surface area contributed by atoms with Gasteiger partial charge in [0.1, 0.15) is 5.75 Å². The highest BCUT2D eigenvalue weighted by Gasteiger charge is 2.10. The van der Waals surface area contributed by atoms with Gasteiger partial charge in [-0.05, 0) is 30.3 Å². The molecule has 94 valence electrons. The van der Waals surface area contributed by atoms with Crippen LogP contribution in [0.3, 0.4) is 0 Å². The van der Waals surface area contributed by atoms with Gasteiger partial charge in [0.15, 0.2) is 11.6 Å². The molecule has 18 heavy (non-hydrogen) atoms. The monoisotopic (exact) mass is 392 g/mol. The van der Waals surface area contributed by atoms with E-state index in [1.54, 1.807) is 30.3 Å². The van der Waals surface area contributed by atoms with Crippen LogP contribution in [0.2, 0.25) is 5.02 Å². The van der Waals surface area contributed by atoms with Crippen LogP contribution in [0, 0.1) is 5.82 Å². The van der Waals surface area contributed by atoms with Crippen LogP contribution >= 0.6 is 43.5 Å². The maximum absolute atomic E-state index is 13.7. The molecule has 0 aliphatic heterocycles. The molecule has 2 rings (SSSR count). The molecule has 2 aromatic rings. The first-order valence-corrected chi connectivity index (χ1v) is 7.37. The van der Waals surface area contributed by atoms with Crippen molar-refractivity contribution in [3.63, 3.8) is 0 Å². The first kappa shape index (κ1) is 13.8. The van der Waals surface area contributed by atoms with Crippen LogP contribution in [-0.2, 0) is 5.33 Å². The van der Waals surface area contributed by atoms with Crippen molar-refractivity contribution >= 4 is 43.5 Å². The molecule has 1 nitrogen and oxygen atoms in total. The van der Waals surface area contributed by atoms with Crippen LogP contribution in [-0.4, -0.2) is 0 Å². The summed E-state index contributed by atoms with van der Waals surface area (Å²) in [6.45, 7) is 0. The van der Waals surface area contributed by atoms with Gasteiger partial charge in [0.2, 0.25) is 0 Å². The second-order valence-corrected chi connectivity index (χ2v) is 5.41. The quantitative estimate of drug-likeness (QED) is 0.587. The molecule has 0 saturated carbocycles. The summed E-state index contributed by atoms with van der Waals surface area (Å²) in [5.74, 6) is 0.285. The van der Waals surface area contributed by atoms with E-state index in [1.807, 2.05) is 0 Å².